The lowest BCUT2D eigenvalue weighted by atomic mass is 10.1. The summed E-state index contributed by atoms with van der Waals surface area (Å²) in [5.74, 6) is -0.0633. The summed E-state index contributed by atoms with van der Waals surface area (Å²) in [4.78, 5) is 29.6. The summed E-state index contributed by atoms with van der Waals surface area (Å²) in [6, 6.07) is 25.7. The van der Waals surface area contributed by atoms with Gasteiger partial charge in [-0.1, -0.05) is 60.3 Å². The summed E-state index contributed by atoms with van der Waals surface area (Å²) < 4.78 is 1.84. The van der Waals surface area contributed by atoms with Crippen LogP contribution in [0, 0.1) is 11.3 Å². The molecule has 0 saturated carbocycles. The van der Waals surface area contributed by atoms with E-state index < -0.39 is 0 Å². The second-order valence-electron chi connectivity index (χ2n) is 7.20. The third-order valence-electron chi connectivity index (χ3n) is 4.94. The Morgan fingerprint density at radius 1 is 0.970 bits per heavy atom. The number of hydrogen-bond donors (Lipinski definition) is 1. The number of thioether (sulfide) groups is 1. The molecule has 0 unspecified atom stereocenters. The molecule has 0 bridgehead atoms. The van der Waals surface area contributed by atoms with Gasteiger partial charge in [0.15, 0.2) is 10.9 Å². The van der Waals surface area contributed by atoms with Gasteiger partial charge in [0.1, 0.15) is 0 Å². The van der Waals surface area contributed by atoms with Crippen molar-refractivity contribution in [2.75, 3.05) is 5.75 Å². The molecule has 6 nitrogen and oxygen atoms in total. The first-order chi connectivity index (χ1) is 16.1. The van der Waals surface area contributed by atoms with Gasteiger partial charge in [0.25, 0.3) is 5.91 Å². The van der Waals surface area contributed by atoms with Gasteiger partial charge in [-0.15, -0.1) is 0 Å². The second kappa shape index (κ2) is 10.4. The molecule has 33 heavy (non-hydrogen) atoms. The van der Waals surface area contributed by atoms with Gasteiger partial charge in [0, 0.05) is 35.8 Å². The van der Waals surface area contributed by atoms with Gasteiger partial charge in [0.05, 0.1) is 17.4 Å². The molecule has 1 aromatic heterocycles. The fraction of sp³-hybridized carbons (Fsp3) is 0.0769. The zero-order valence-electron chi connectivity index (χ0n) is 17.6. The van der Waals surface area contributed by atoms with Crippen LogP contribution in [0.5, 0.6) is 0 Å². The van der Waals surface area contributed by atoms with Crippen LogP contribution in [0.25, 0.3) is 5.69 Å². The van der Waals surface area contributed by atoms with Crippen molar-refractivity contribution in [3.8, 4) is 11.8 Å². The normalized spacial score (nSPS) is 10.4. The average molecular weight is 453 g/mol. The van der Waals surface area contributed by atoms with E-state index in [1.165, 1.54) is 11.8 Å². The molecule has 0 aliphatic heterocycles. The van der Waals surface area contributed by atoms with Crippen LogP contribution in [0.2, 0.25) is 0 Å². The van der Waals surface area contributed by atoms with E-state index in [9.17, 15) is 9.59 Å². The number of carbonyl (C=O) groups is 2. The molecule has 4 aromatic rings. The number of rotatable bonds is 8. The van der Waals surface area contributed by atoms with Crippen LogP contribution >= 0.6 is 11.8 Å². The van der Waals surface area contributed by atoms with Crippen LogP contribution in [0.4, 0.5) is 0 Å². The van der Waals surface area contributed by atoms with E-state index in [0.717, 1.165) is 11.3 Å². The topological polar surface area (TPSA) is 87.8 Å². The molecule has 0 saturated heterocycles. The number of Topliss-reactive ketones (excluding diaryl/α,β-unsaturated/α-hetero) is 1. The first-order valence-electron chi connectivity index (χ1n) is 10.3. The van der Waals surface area contributed by atoms with Crippen LogP contribution in [0.3, 0.4) is 0 Å². The summed E-state index contributed by atoms with van der Waals surface area (Å²) in [6.45, 7) is 0.450. The van der Waals surface area contributed by atoms with E-state index in [-0.39, 0.29) is 17.4 Å². The fourth-order valence-corrected chi connectivity index (χ4v) is 4.11. The minimum Gasteiger partial charge on any atom is -0.348 e. The average Bonchev–Trinajstić information content (AvgIpc) is 3.35. The summed E-state index contributed by atoms with van der Waals surface area (Å²) in [7, 11) is 0. The van der Waals surface area contributed by atoms with Crippen LogP contribution in [-0.4, -0.2) is 27.0 Å². The molecule has 0 atom stereocenters. The molecule has 0 radical (unpaired) electrons. The molecule has 3 aromatic carbocycles. The van der Waals surface area contributed by atoms with Crippen molar-refractivity contribution >= 4 is 23.5 Å². The number of nitrogens with one attached hydrogen (secondary N) is 1. The fourth-order valence-electron chi connectivity index (χ4n) is 3.25. The van der Waals surface area contributed by atoms with Gasteiger partial charge in [-0.2, -0.15) is 5.26 Å². The van der Waals surface area contributed by atoms with E-state index >= 15 is 0 Å². The lowest BCUT2D eigenvalue weighted by molar-refractivity contribution is 0.0950. The Balaban J connectivity index is 1.44. The lowest BCUT2D eigenvalue weighted by Crippen LogP contribution is -2.22. The van der Waals surface area contributed by atoms with Crippen LogP contribution in [0.1, 0.15) is 31.8 Å². The number of aromatic nitrogens is 2. The Morgan fingerprint density at radius 3 is 2.58 bits per heavy atom. The Morgan fingerprint density at radius 2 is 1.76 bits per heavy atom. The molecule has 7 heteroatoms. The standard InChI is InChI=1S/C26H20N4O2S/c27-16-20-8-4-9-21(14-20)24(31)18-33-26-28-12-13-30(26)23-11-5-10-22(15-23)25(32)29-17-19-6-2-1-3-7-19/h1-15H,17-18H2,(H,29,32). The van der Waals surface area contributed by atoms with Crippen molar-refractivity contribution in [2.24, 2.45) is 0 Å². The van der Waals surface area contributed by atoms with Crippen LogP contribution in [0.15, 0.2) is 96.4 Å². The summed E-state index contributed by atoms with van der Waals surface area (Å²) in [5.41, 5.74) is 3.30. The number of carbonyl (C=O) groups excluding carboxylic acids is 2. The number of imidazole rings is 1. The van der Waals surface area contributed by atoms with E-state index in [2.05, 4.69) is 10.3 Å². The number of benzene rings is 3. The quantitative estimate of drug-likeness (QED) is 0.311. The number of ketones is 1. The van der Waals surface area contributed by atoms with Crippen LogP contribution < -0.4 is 5.32 Å². The molecular weight excluding hydrogens is 432 g/mol. The van der Waals surface area contributed by atoms with E-state index in [4.69, 9.17) is 5.26 Å². The summed E-state index contributed by atoms with van der Waals surface area (Å²) >= 11 is 1.31. The molecule has 1 heterocycles. The molecule has 0 aliphatic carbocycles. The first-order valence-corrected chi connectivity index (χ1v) is 11.2. The van der Waals surface area contributed by atoms with E-state index in [0.29, 0.717) is 28.4 Å². The van der Waals surface area contributed by atoms with Gasteiger partial charge in [-0.3, -0.25) is 14.2 Å². The van der Waals surface area contributed by atoms with Crippen molar-refractivity contribution in [3.05, 3.63) is 114 Å². The third-order valence-corrected chi connectivity index (χ3v) is 5.90. The molecule has 162 valence electrons. The highest BCUT2D eigenvalue weighted by molar-refractivity contribution is 7.99. The number of nitriles is 1. The Bertz CT molecular complexity index is 1330. The molecule has 0 spiro atoms. The number of hydrogen-bond acceptors (Lipinski definition) is 5. The molecular formula is C26H20N4O2S. The minimum absolute atomic E-state index is 0.0827. The minimum atomic E-state index is -0.164. The molecule has 0 fully saturated rings. The Hall–Kier alpha value is -4.15. The summed E-state index contributed by atoms with van der Waals surface area (Å²) in [5, 5.41) is 12.6. The maximum atomic E-state index is 12.6. The van der Waals surface area contributed by atoms with Crippen molar-refractivity contribution < 1.29 is 9.59 Å². The van der Waals surface area contributed by atoms with E-state index in [1.54, 1.807) is 48.8 Å². The van der Waals surface area contributed by atoms with Crippen molar-refractivity contribution in [1.29, 1.82) is 5.26 Å². The highest BCUT2D eigenvalue weighted by Gasteiger charge is 2.13. The zero-order valence-corrected chi connectivity index (χ0v) is 18.5. The SMILES string of the molecule is N#Cc1cccc(C(=O)CSc2nccn2-c2cccc(C(=O)NCc3ccccc3)c2)c1. The monoisotopic (exact) mass is 452 g/mol. The highest BCUT2D eigenvalue weighted by atomic mass is 32.2. The predicted octanol–water partition coefficient (Wildman–Crippen LogP) is 4.65. The third kappa shape index (κ3) is 5.56. The Kier molecular flexibility index (Phi) is 6.98. The molecule has 4 rings (SSSR count). The van der Waals surface area contributed by atoms with Gasteiger partial charge < -0.3 is 5.32 Å². The predicted molar refractivity (Wildman–Crippen MR) is 127 cm³/mol. The number of amides is 1. The first kappa shape index (κ1) is 22.1. The molecule has 0 aliphatic rings. The maximum Gasteiger partial charge on any atom is 0.251 e. The van der Waals surface area contributed by atoms with Gasteiger partial charge in [0.2, 0.25) is 0 Å². The van der Waals surface area contributed by atoms with Crippen molar-refractivity contribution in [3.63, 3.8) is 0 Å². The largest absolute Gasteiger partial charge is 0.348 e. The molecule has 1 N–H and O–H groups in total. The van der Waals surface area contributed by atoms with Gasteiger partial charge >= 0.3 is 0 Å². The maximum absolute atomic E-state index is 12.6. The van der Waals surface area contributed by atoms with Crippen LogP contribution in [-0.2, 0) is 6.54 Å². The summed E-state index contributed by atoms with van der Waals surface area (Å²) in [6.07, 6.45) is 3.45. The highest BCUT2D eigenvalue weighted by Crippen LogP contribution is 2.22. The van der Waals surface area contributed by atoms with Crippen molar-refractivity contribution in [2.45, 2.75) is 11.7 Å². The second-order valence-corrected chi connectivity index (χ2v) is 8.15. The number of nitrogens with zero attached hydrogens (tertiary/aromatic N) is 3. The lowest BCUT2D eigenvalue weighted by Gasteiger charge is -2.10. The van der Waals surface area contributed by atoms with Gasteiger partial charge in [-0.25, -0.2) is 4.98 Å². The Labute approximate surface area is 195 Å². The smallest absolute Gasteiger partial charge is 0.251 e. The molecule has 1 amide bonds. The van der Waals surface area contributed by atoms with Crippen molar-refractivity contribution in [1.82, 2.24) is 14.9 Å². The zero-order chi connectivity index (χ0) is 23.0. The van der Waals surface area contributed by atoms with Gasteiger partial charge in [-0.05, 0) is 35.9 Å². The van der Waals surface area contributed by atoms with E-state index in [1.807, 2.05) is 53.1 Å².